The Hall–Kier alpha value is -3.48. The number of benzene rings is 3. The Balaban J connectivity index is 1.53. The number of ether oxygens (including phenoxy) is 1. The molecule has 1 heterocycles. The number of carbonyl (C=O) groups excluding carboxylic acids is 1. The highest BCUT2D eigenvalue weighted by Crippen LogP contribution is 2.30. The molecule has 168 valence electrons. The lowest BCUT2D eigenvalue weighted by Crippen LogP contribution is -2.28. The Morgan fingerprint density at radius 3 is 2.48 bits per heavy atom. The van der Waals surface area contributed by atoms with Crippen LogP contribution in [0.2, 0.25) is 0 Å². The van der Waals surface area contributed by atoms with E-state index in [-0.39, 0.29) is 18.4 Å². The van der Waals surface area contributed by atoms with E-state index in [9.17, 15) is 9.59 Å². The molecule has 3 aromatic carbocycles. The van der Waals surface area contributed by atoms with Gasteiger partial charge in [0.1, 0.15) is 11.9 Å². The fourth-order valence-corrected chi connectivity index (χ4v) is 4.74. The number of fused-ring (bicyclic) bond motifs is 1. The van der Waals surface area contributed by atoms with Crippen LogP contribution in [0.4, 0.5) is 0 Å². The van der Waals surface area contributed by atoms with Gasteiger partial charge >= 0.3 is 5.97 Å². The van der Waals surface area contributed by atoms with Crippen LogP contribution in [0.25, 0.3) is 10.1 Å². The summed E-state index contributed by atoms with van der Waals surface area (Å²) in [6.07, 6.45) is 0.347. The molecule has 1 aromatic heterocycles. The van der Waals surface area contributed by atoms with Crippen molar-refractivity contribution in [1.29, 1.82) is 0 Å². The minimum absolute atomic E-state index is 0.0271. The molecular formula is C27H25NO4S. The van der Waals surface area contributed by atoms with Gasteiger partial charge in [-0.2, -0.15) is 0 Å². The second-order valence-electron chi connectivity index (χ2n) is 7.94. The first kappa shape index (κ1) is 22.7. The summed E-state index contributed by atoms with van der Waals surface area (Å²) in [5.41, 5.74) is 1.58. The monoisotopic (exact) mass is 459 g/mol. The standard InChI is InChI=1S/C27H25NO4S/c1-28(18-26(29)30)15-14-23(19-8-3-2-4-9-19)32-22-12-7-11-21(16-22)27(31)25-17-20-10-5-6-13-24(20)33-25/h2-13,16-17,23H,14-15,18H2,1H3,(H,29,30). The third-order valence-corrected chi connectivity index (χ3v) is 6.49. The second-order valence-corrected chi connectivity index (χ2v) is 9.03. The average Bonchev–Trinajstić information content (AvgIpc) is 3.26. The molecule has 5 nitrogen and oxygen atoms in total. The maximum Gasteiger partial charge on any atom is 0.317 e. The van der Waals surface area contributed by atoms with E-state index in [0.717, 1.165) is 15.6 Å². The van der Waals surface area contributed by atoms with Crippen LogP contribution in [0, 0.1) is 0 Å². The van der Waals surface area contributed by atoms with Gasteiger partial charge in [-0.1, -0.05) is 60.7 Å². The number of hydrogen-bond donors (Lipinski definition) is 1. The summed E-state index contributed by atoms with van der Waals surface area (Å²) in [4.78, 5) is 26.6. The van der Waals surface area contributed by atoms with Crippen LogP contribution in [0.15, 0.2) is 84.9 Å². The Labute approximate surface area is 196 Å². The third-order valence-electron chi connectivity index (χ3n) is 5.37. The molecule has 33 heavy (non-hydrogen) atoms. The number of thiophene rings is 1. The first-order valence-electron chi connectivity index (χ1n) is 10.7. The predicted molar refractivity (Wildman–Crippen MR) is 131 cm³/mol. The number of carboxylic acids is 1. The van der Waals surface area contributed by atoms with Crippen molar-refractivity contribution in [2.45, 2.75) is 12.5 Å². The van der Waals surface area contributed by atoms with Gasteiger partial charge in [-0.05, 0) is 42.3 Å². The average molecular weight is 460 g/mol. The van der Waals surface area contributed by atoms with Crippen molar-refractivity contribution in [2.24, 2.45) is 0 Å². The SMILES string of the molecule is CN(CCC(Oc1cccc(C(=O)c2cc3ccccc3s2)c1)c1ccccc1)CC(=O)O. The predicted octanol–water partition coefficient (Wildman–Crippen LogP) is 5.66. The van der Waals surface area contributed by atoms with E-state index in [0.29, 0.717) is 29.2 Å². The highest BCUT2D eigenvalue weighted by Gasteiger charge is 2.18. The number of carboxylic acid groups (broad SMARTS) is 1. The van der Waals surface area contributed by atoms with Crippen molar-refractivity contribution in [3.8, 4) is 5.75 Å². The van der Waals surface area contributed by atoms with Crippen LogP contribution in [0.3, 0.4) is 0 Å². The van der Waals surface area contributed by atoms with Gasteiger partial charge < -0.3 is 9.84 Å². The Morgan fingerprint density at radius 2 is 1.73 bits per heavy atom. The number of ketones is 1. The van der Waals surface area contributed by atoms with E-state index in [4.69, 9.17) is 9.84 Å². The highest BCUT2D eigenvalue weighted by molar-refractivity contribution is 7.21. The summed E-state index contributed by atoms with van der Waals surface area (Å²) in [5.74, 6) is -0.280. The first-order valence-corrected chi connectivity index (χ1v) is 11.6. The van der Waals surface area contributed by atoms with E-state index in [1.165, 1.54) is 11.3 Å². The van der Waals surface area contributed by atoms with Gasteiger partial charge in [-0.15, -0.1) is 11.3 Å². The zero-order chi connectivity index (χ0) is 23.2. The highest BCUT2D eigenvalue weighted by atomic mass is 32.1. The number of hydrogen-bond acceptors (Lipinski definition) is 5. The molecule has 0 radical (unpaired) electrons. The van der Waals surface area contributed by atoms with Crippen molar-refractivity contribution >= 4 is 33.2 Å². The lowest BCUT2D eigenvalue weighted by Gasteiger charge is -2.22. The van der Waals surface area contributed by atoms with Gasteiger partial charge in [0.05, 0.1) is 11.4 Å². The summed E-state index contributed by atoms with van der Waals surface area (Å²) in [7, 11) is 1.78. The maximum atomic E-state index is 13.1. The zero-order valence-corrected chi connectivity index (χ0v) is 19.1. The number of aliphatic carboxylic acids is 1. The Morgan fingerprint density at radius 1 is 0.970 bits per heavy atom. The molecule has 0 fully saturated rings. The van der Waals surface area contributed by atoms with Crippen molar-refractivity contribution in [3.05, 3.63) is 101 Å². The van der Waals surface area contributed by atoms with Crippen molar-refractivity contribution in [1.82, 2.24) is 4.90 Å². The molecule has 0 bridgehead atoms. The summed E-state index contributed by atoms with van der Waals surface area (Å²) in [6, 6.07) is 27.0. The molecular weight excluding hydrogens is 434 g/mol. The van der Waals surface area contributed by atoms with Gasteiger partial charge in [0.25, 0.3) is 0 Å². The summed E-state index contributed by atoms with van der Waals surface area (Å²) in [5, 5.41) is 10.1. The molecule has 4 rings (SSSR count). The van der Waals surface area contributed by atoms with E-state index in [2.05, 4.69) is 0 Å². The zero-order valence-electron chi connectivity index (χ0n) is 18.3. The Bertz CT molecular complexity index is 1220. The number of likely N-dealkylation sites (N-methyl/N-ethyl adjacent to an activating group) is 1. The van der Waals surface area contributed by atoms with E-state index in [1.54, 1.807) is 24.1 Å². The van der Waals surface area contributed by atoms with Crippen LogP contribution in [0.1, 0.15) is 33.3 Å². The van der Waals surface area contributed by atoms with Gasteiger partial charge in [0, 0.05) is 23.2 Å². The van der Waals surface area contributed by atoms with Crippen molar-refractivity contribution in [2.75, 3.05) is 20.1 Å². The third kappa shape index (κ3) is 5.86. The van der Waals surface area contributed by atoms with Gasteiger partial charge in [-0.25, -0.2) is 0 Å². The lowest BCUT2D eigenvalue weighted by molar-refractivity contribution is -0.138. The minimum atomic E-state index is -0.859. The summed E-state index contributed by atoms with van der Waals surface area (Å²) >= 11 is 1.49. The van der Waals surface area contributed by atoms with E-state index < -0.39 is 5.97 Å². The quantitative estimate of drug-likeness (QED) is 0.310. The fourth-order valence-electron chi connectivity index (χ4n) is 3.72. The number of nitrogens with zero attached hydrogens (tertiary/aromatic N) is 1. The first-order chi connectivity index (χ1) is 16.0. The molecule has 1 atom stereocenters. The fraction of sp³-hybridized carbons (Fsp3) is 0.185. The van der Waals surface area contributed by atoms with Crippen LogP contribution < -0.4 is 4.74 Å². The molecule has 1 N–H and O–H groups in total. The molecule has 0 saturated heterocycles. The molecule has 6 heteroatoms. The lowest BCUT2D eigenvalue weighted by atomic mass is 10.1. The van der Waals surface area contributed by atoms with Crippen molar-refractivity contribution in [3.63, 3.8) is 0 Å². The topological polar surface area (TPSA) is 66.8 Å². The second kappa shape index (κ2) is 10.4. The largest absolute Gasteiger partial charge is 0.486 e. The molecule has 0 aliphatic heterocycles. The number of rotatable bonds is 10. The van der Waals surface area contributed by atoms with Gasteiger partial charge in [0.15, 0.2) is 0 Å². The van der Waals surface area contributed by atoms with E-state index >= 15 is 0 Å². The van der Waals surface area contributed by atoms with Crippen molar-refractivity contribution < 1.29 is 19.4 Å². The molecule has 0 aliphatic carbocycles. The van der Waals surface area contributed by atoms with Gasteiger partial charge in [0.2, 0.25) is 5.78 Å². The van der Waals surface area contributed by atoms with Crippen LogP contribution in [-0.2, 0) is 4.79 Å². The maximum absolute atomic E-state index is 13.1. The normalized spacial score (nSPS) is 12.1. The molecule has 4 aromatic rings. The molecule has 0 saturated carbocycles. The Kier molecular flexibility index (Phi) is 7.17. The molecule has 0 spiro atoms. The summed E-state index contributed by atoms with van der Waals surface area (Å²) < 4.78 is 7.40. The van der Waals surface area contributed by atoms with E-state index in [1.807, 2.05) is 72.8 Å². The smallest absolute Gasteiger partial charge is 0.317 e. The molecule has 0 aliphatic rings. The minimum Gasteiger partial charge on any atom is -0.486 e. The van der Waals surface area contributed by atoms with Gasteiger partial charge in [-0.3, -0.25) is 14.5 Å². The van der Waals surface area contributed by atoms with Crippen LogP contribution in [0.5, 0.6) is 5.75 Å². The van der Waals surface area contributed by atoms with Crippen LogP contribution in [-0.4, -0.2) is 41.9 Å². The molecule has 1 unspecified atom stereocenters. The summed E-state index contributed by atoms with van der Waals surface area (Å²) in [6.45, 7) is 0.535. The van der Waals surface area contributed by atoms with Crippen LogP contribution >= 0.6 is 11.3 Å². The molecule has 0 amide bonds. The number of carbonyl (C=O) groups is 2.